The minimum atomic E-state index is 0.0703. The molecule has 0 N–H and O–H groups in total. The first-order valence-electron chi connectivity index (χ1n) is 10.7. The Labute approximate surface area is 180 Å². The molecule has 0 amide bonds. The van der Waals surface area contributed by atoms with Crippen LogP contribution in [0.5, 0.6) is 0 Å². The summed E-state index contributed by atoms with van der Waals surface area (Å²) in [7, 11) is 0. The third-order valence-corrected chi connectivity index (χ3v) is 8.33. The Kier molecular flexibility index (Phi) is 3.26. The highest BCUT2D eigenvalue weighted by atomic mass is 32.1. The zero-order valence-corrected chi connectivity index (χ0v) is 17.6. The Morgan fingerprint density at radius 3 is 2.33 bits per heavy atom. The first-order valence-corrected chi connectivity index (χ1v) is 11.5. The molecule has 1 aromatic heterocycles. The van der Waals surface area contributed by atoms with Gasteiger partial charge in [0, 0.05) is 26.2 Å². The zero-order valence-electron chi connectivity index (χ0n) is 16.7. The van der Waals surface area contributed by atoms with Crippen LogP contribution in [0, 0.1) is 0 Å². The smallest absolute Gasteiger partial charge is 0.0857 e. The summed E-state index contributed by atoms with van der Waals surface area (Å²) in [6.45, 7) is 2.33. The molecule has 3 unspecified atom stereocenters. The predicted octanol–water partition coefficient (Wildman–Crippen LogP) is 7.06. The minimum Gasteiger partial charge on any atom is -0.273 e. The molecule has 1 nitrogen and oxygen atoms in total. The normalized spacial score (nSPS) is 28.6. The number of hydrogen-bond acceptors (Lipinski definition) is 2. The van der Waals surface area contributed by atoms with Gasteiger partial charge in [0.25, 0.3) is 0 Å². The number of benzene rings is 3. The molecule has 3 aliphatic rings. The summed E-state index contributed by atoms with van der Waals surface area (Å²) in [5.74, 6) is 0. The Hall–Kier alpha value is -2.94. The summed E-state index contributed by atoms with van der Waals surface area (Å²) < 4.78 is 2.80. The van der Waals surface area contributed by atoms with Gasteiger partial charge in [0.2, 0.25) is 0 Å². The van der Waals surface area contributed by atoms with E-state index in [4.69, 9.17) is 0 Å². The molecule has 4 aromatic rings. The fourth-order valence-electron chi connectivity index (χ4n) is 5.76. The van der Waals surface area contributed by atoms with Crippen LogP contribution in [-0.2, 0) is 0 Å². The van der Waals surface area contributed by atoms with Crippen LogP contribution in [0.15, 0.2) is 97.1 Å². The van der Waals surface area contributed by atoms with Crippen LogP contribution in [0.4, 0.5) is 0 Å². The summed E-state index contributed by atoms with van der Waals surface area (Å²) in [4.78, 5) is 2.63. The maximum atomic E-state index is 2.63. The van der Waals surface area contributed by atoms with Crippen LogP contribution in [0.2, 0.25) is 0 Å². The maximum Gasteiger partial charge on any atom is 0.0857 e. The fourth-order valence-corrected chi connectivity index (χ4v) is 7.13. The second-order valence-electron chi connectivity index (χ2n) is 8.58. The maximum absolute atomic E-state index is 2.63. The van der Waals surface area contributed by atoms with Crippen molar-refractivity contribution in [3.63, 3.8) is 0 Å². The van der Waals surface area contributed by atoms with E-state index in [0.717, 1.165) is 0 Å². The third kappa shape index (κ3) is 2.01. The highest BCUT2D eigenvalue weighted by Crippen LogP contribution is 2.60. The molecule has 30 heavy (non-hydrogen) atoms. The average molecular weight is 404 g/mol. The molecule has 2 aliphatic heterocycles. The molecule has 1 aliphatic carbocycles. The minimum absolute atomic E-state index is 0.0703. The third-order valence-electron chi connectivity index (χ3n) is 7.04. The molecule has 7 rings (SSSR count). The van der Waals surface area contributed by atoms with Gasteiger partial charge in [0.1, 0.15) is 0 Å². The fraction of sp³-hybridized carbons (Fsp3) is 0.143. The van der Waals surface area contributed by atoms with Gasteiger partial charge in [-0.3, -0.25) is 4.90 Å². The van der Waals surface area contributed by atoms with E-state index in [1.807, 2.05) is 11.3 Å². The van der Waals surface area contributed by atoms with Crippen molar-refractivity contribution in [1.29, 1.82) is 0 Å². The Morgan fingerprint density at radius 1 is 0.800 bits per heavy atom. The molecule has 144 valence electrons. The van der Waals surface area contributed by atoms with Gasteiger partial charge in [-0.1, -0.05) is 97.1 Å². The zero-order chi connectivity index (χ0) is 19.9. The molecule has 2 heteroatoms. The lowest BCUT2D eigenvalue weighted by Crippen LogP contribution is -2.16. The Balaban J connectivity index is 1.49. The first-order chi connectivity index (χ1) is 14.8. The van der Waals surface area contributed by atoms with Crippen molar-refractivity contribution < 1.29 is 0 Å². The molecule has 0 radical (unpaired) electrons. The van der Waals surface area contributed by atoms with Gasteiger partial charge >= 0.3 is 0 Å². The second kappa shape index (κ2) is 5.81. The van der Waals surface area contributed by atoms with Crippen LogP contribution in [-0.4, -0.2) is 22.5 Å². The van der Waals surface area contributed by atoms with Gasteiger partial charge in [-0.15, -0.1) is 11.3 Å². The average Bonchev–Trinajstić information content (AvgIpc) is 3.20. The van der Waals surface area contributed by atoms with Crippen molar-refractivity contribution >= 4 is 37.1 Å². The van der Waals surface area contributed by atoms with Crippen molar-refractivity contribution in [2.24, 2.45) is 0 Å². The van der Waals surface area contributed by atoms with E-state index in [-0.39, 0.29) is 5.54 Å². The molecule has 0 bridgehead atoms. The first kappa shape index (κ1) is 16.8. The number of allylic oxidation sites excluding steroid dienone is 2. The van der Waals surface area contributed by atoms with E-state index in [9.17, 15) is 0 Å². The van der Waals surface area contributed by atoms with E-state index in [1.165, 1.54) is 42.4 Å². The van der Waals surface area contributed by atoms with Gasteiger partial charge < -0.3 is 0 Å². The van der Waals surface area contributed by atoms with Crippen LogP contribution in [0.3, 0.4) is 0 Å². The number of rotatable bonds is 2. The van der Waals surface area contributed by atoms with Crippen molar-refractivity contribution in [3.05, 3.63) is 103 Å². The lowest BCUT2D eigenvalue weighted by molar-refractivity contribution is 0.459. The molecule has 3 heterocycles. The highest BCUT2D eigenvalue weighted by Gasteiger charge is 2.67. The molecule has 3 aromatic carbocycles. The molecular weight excluding hydrogens is 382 g/mol. The van der Waals surface area contributed by atoms with E-state index >= 15 is 0 Å². The molecule has 1 saturated heterocycles. The summed E-state index contributed by atoms with van der Waals surface area (Å²) in [5, 5.41) is 2.74. The SMILES string of the molecule is C[C@@H]1C=C(c2cccc3c2sc2c(-c4ccccc4)cccc23)C23C=CC=CC2N13. The van der Waals surface area contributed by atoms with Crippen LogP contribution < -0.4 is 0 Å². The number of fused-ring (bicyclic) bond motifs is 4. The molecule has 0 saturated carbocycles. The Morgan fingerprint density at radius 2 is 1.53 bits per heavy atom. The number of hydrogen-bond donors (Lipinski definition) is 0. The van der Waals surface area contributed by atoms with Gasteiger partial charge in [0.05, 0.1) is 11.6 Å². The Bertz CT molecular complexity index is 1420. The van der Waals surface area contributed by atoms with E-state index < -0.39 is 0 Å². The highest BCUT2D eigenvalue weighted by molar-refractivity contribution is 7.26. The largest absolute Gasteiger partial charge is 0.273 e. The van der Waals surface area contributed by atoms with Gasteiger partial charge in [-0.25, -0.2) is 0 Å². The van der Waals surface area contributed by atoms with Crippen molar-refractivity contribution in [2.45, 2.75) is 24.5 Å². The lowest BCUT2D eigenvalue weighted by Gasteiger charge is -2.16. The molecule has 4 atom stereocenters. The summed E-state index contributed by atoms with van der Waals surface area (Å²) in [5.41, 5.74) is 5.58. The number of thiophene rings is 1. The number of nitrogens with zero attached hydrogens (tertiary/aromatic N) is 1. The topological polar surface area (TPSA) is 3.01 Å². The summed E-state index contributed by atoms with van der Waals surface area (Å²) in [6, 6.07) is 25.4. The van der Waals surface area contributed by atoms with Crippen molar-refractivity contribution in [1.82, 2.24) is 4.90 Å². The lowest BCUT2D eigenvalue weighted by atomic mass is 9.86. The molecule has 1 fully saturated rings. The summed E-state index contributed by atoms with van der Waals surface area (Å²) in [6.07, 6.45) is 11.7. The van der Waals surface area contributed by atoms with Crippen LogP contribution >= 0.6 is 11.3 Å². The van der Waals surface area contributed by atoms with Crippen LogP contribution in [0.1, 0.15) is 12.5 Å². The van der Waals surface area contributed by atoms with Crippen molar-refractivity contribution in [2.75, 3.05) is 0 Å². The second-order valence-corrected chi connectivity index (χ2v) is 9.60. The van der Waals surface area contributed by atoms with Gasteiger partial charge in [-0.2, -0.15) is 0 Å². The monoisotopic (exact) mass is 403 g/mol. The molecular formula is C28H21NS. The van der Waals surface area contributed by atoms with Crippen LogP contribution in [0.25, 0.3) is 36.9 Å². The quantitative estimate of drug-likeness (QED) is 0.324. The summed E-state index contributed by atoms with van der Waals surface area (Å²) >= 11 is 1.95. The van der Waals surface area contributed by atoms with Gasteiger partial charge in [0.15, 0.2) is 0 Å². The molecule has 1 spiro atoms. The van der Waals surface area contributed by atoms with Crippen molar-refractivity contribution in [3.8, 4) is 11.1 Å². The van der Waals surface area contributed by atoms with Gasteiger partial charge in [-0.05, 0) is 29.2 Å². The predicted molar refractivity (Wildman–Crippen MR) is 129 cm³/mol. The van der Waals surface area contributed by atoms with E-state index in [2.05, 4.69) is 109 Å². The van der Waals surface area contributed by atoms with E-state index in [1.54, 1.807) is 0 Å². The van der Waals surface area contributed by atoms with E-state index in [0.29, 0.717) is 12.1 Å². The standard InChI is InChI=1S/C28H21NS/c1-18-17-24(28-16-6-5-15-25(28)29(18)28)23-14-8-13-22-21-12-7-11-20(26(21)30-27(22)23)19-9-3-2-4-10-19/h2-18,25H,1H3/t18-,25?,28?,29?/m1/s1.